The Morgan fingerprint density at radius 1 is 1.28 bits per heavy atom. The molecule has 0 radical (unpaired) electrons. The van der Waals surface area contributed by atoms with E-state index >= 15 is 0 Å². The van der Waals surface area contributed by atoms with Crippen LogP contribution in [0.4, 0.5) is 13.2 Å². The molecule has 138 valence electrons. The van der Waals surface area contributed by atoms with Gasteiger partial charge in [0.05, 0.1) is 17.7 Å². The Hall–Kier alpha value is -1.60. The lowest BCUT2D eigenvalue weighted by molar-refractivity contribution is -0.138. The van der Waals surface area contributed by atoms with Crippen LogP contribution in [0.25, 0.3) is 0 Å². The Balaban J connectivity index is 1.86. The minimum atomic E-state index is -4.56. The molecule has 1 aromatic carbocycles. The summed E-state index contributed by atoms with van der Waals surface area (Å²) in [6.07, 6.45) is -2.07. The SMILES string of the molecule is CN1CCC[C@]2(CO)CCN(C(=O)c3ccccc3C(F)(F)F)C[C@@H]12. The molecule has 2 aliphatic rings. The molecule has 0 aliphatic carbocycles. The number of likely N-dealkylation sites (N-methyl/N-ethyl adjacent to an activating group) is 1. The number of carbonyl (C=O) groups excluding carboxylic acids is 1. The minimum absolute atomic E-state index is 0.0259. The maximum atomic E-state index is 13.2. The molecule has 0 unspecified atom stereocenters. The van der Waals surface area contributed by atoms with Gasteiger partial charge in [-0.3, -0.25) is 4.79 Å². The van der Waals surface area contributed by atoms with E-state index in [1.807, 2.05) is 7.05 Å². The normalized spacial score (nSPS) is 27.9. The highest BCUT2D eigenvalue weighted by atomic mass is 19.4. The van der Waals surface area contributed by atoms with Gasteiger partial charge in [0, 0.05) is 24.5 Å². The molecule has 7 heteroatoms. The summed E-state index contributed by atoms with van der Waals surface area (Å²) < 4.78 is 39.6. The standard InChI is InChI=1S/C18H23F3N2O2/c1-22-9-4-7-17(12-24)8-10-23(11-15(17)22)16(25)13-5-2-3-6-14(13)18(19,20)21/h2-3,5-6,15,24H,4,7-12H2,1H3/t15-,17-/m1/s1. The fraction of sp³-hybridized carbons (Fsp3) is 0.611. The molecule has 2 heterocycles. The van der Waals surface area contributed by atoms with Gasteiger partial charge in [-0.2, -0.15) is 13.2 Å². The molecule has 1 amide bonds. The third-order valence-corrected chi connectivity index (χ3v) is 5.76. The van der Waals surface area contributed by atoms with E-state index in [1.54, 1.807) is 0 Å². The monoisotopic (exact) mass is 356 g/mol. The molecular formula is C18H23F3N2O2. The van der Waals surface area contributed by atoms with Gasteiger partial charge in [0.2, 0.25) is 0 Å². The Morgan fingerprint density at radius 2 is 2.00 bits per heavy atom. The van der Waals surface area contributed by atoms with E-state index in [0.29, 0.717) is 19.5 Å². The van der Waals surface area contributed by atoms with Crippen LogP contribution in [-0.4, -0.2) is 60.1 Å². The largest absolute Gasteiger partial charge is 0.417 e. The number of piperidine rings is 2. The Bertz CT molecular complexity index is 649. The van der Waals surface area contributed by atoms with Crippen molar-refractivity contribution in [2.45, 2.75) is 31.5 Å². The summed E-state index contributed by atoms with van der Waals surface area (Å²) in [5, 5.41) is 9.91. The minimum Gasteiger partial charge on any atom is -0.396 e. The second-order valence-corrected chi connectivity index (χ2v) is 7.16. The molecule has 3 rings (SSSR count). The number of nitrogens with zero attached hydrogens (tertiary/aromatic N) is 2. The molecule has 0 spiro atoms. The third-order valence-electron chi connectivity index (χ3n) is 5.76. The van der Waals surface area contributed by atoms with Gasteiger partial charge in [-0.05, 0) is 45.0 Å². The van der Waals surface area contributed by atoms with Gasteiger partial charge >= 0.3 is 6.18 Å². The van der Waals surface area contributed by atoms with Crippen LogP contribution in [0.2, 0.25) is 0 Å². The zero-order valence-electron chi connectivity index (χ0n) is 14.2. The molecule has 1 aromatic rings. The number of hydrogen-bond acceptors (Lipinski definition) is 3. The number of hydrogen-bond donors (Lipinski definition) is 1. The van der Waals surface area contributed by atoms with Gasteiger partial charge in [0.25, 0.3) is 5.91 Å². The lowest BCUT2D eigenvalue weighted by Crippen LogP contribution is -2.62. The van der Waals surface area contributed by atoms with Gasteiger partial charge in [-0.15, -0.1) is 0 Å². The first-order chi connectivity index (χ1) is 11.8. The van der Waals surface area contributed by atoms with Gasteiger partial charge in [-0.25, -0.2) is 0 Å². The zero-order chi connectivity index (χ0) is 18.2. The predicted octanol–water partition coefficient (Wildman–Crippen LogP) is 2.62. The lowest BCUT2D eigenvalue weighted by atomic mass is 9.69. The Morgan fingerprint density at radius 3 is 2.68 bits per heavy atom. The molecule has 0 saturated carbocycles. The fourth-order valence-corrected chi connectivity index (χ4v) is 4.29. The number of rotatable bonds is 2. The molecule has 2 fully saturated rings. The van der Waals surface area contributed by atoms with Crippen LogP contribution in [-0.2, 0) is 6.18 Å². The van der Waals surface area contributed by atoms with Crippen molar-refractivity contribution in [1.82, 2.24) is 9.80 Å². The molecular weight excluding hydrogens is 333 g/mol. The molecule has 0 aromatic heterocycles. The molecule has 0 bridgehead atoms. The number of aliphatic hydroxyl groups is 1. The van der Waals surface area contributed by atoms with Crippen molar-refractivity contribution in [3.63, 3.8) is 0 Å². The van der Waals surface area contributed by atoms with Crippen LogP contribution in [0.15, 0.2) is 24.3 Å². The molecule has 25 heavy (non-hydrogen) atoms. The first-order valence-corrected chi connectivity index (χ1v) is 8.55. The van der Waals surface area contributed by atoms with Crippen molar-refractivity contribution in [3.8, 4) is 0 Å². The van der Waals surface area contributed by atoms with Crippen molar-refractivity contribution < 1.29 is 23.1 Å². The van der Waals surface area contributed by atoms with Gasteiger partial charge < -0.3 is 14.9 Å². The summed E-state index contributed by atoms with van der Waals surface area (Å²) >= 11 is 0. The summed E-state index contributed by atoms with van der Waals surface area (Å²) in [7, 11) is 1.95. The maximum absolute atomic E-state index is 13.2. The van der Waals surface area contributed by atoms with E-state index < -0.39 is 17.6 Å². The number of carbonyl (C=O) groups is 1. The van der Waals surface area contributed by atoms with Crippen LogP contribution in [0.1, 0.15) is 35.2 Å². The lowest BCUT2D eigenvalue weighted by Gasteiger charge is -2.53. The summed E-state index contributed by atoms with van der Waals surface area (Å²) in [4.78, 5) is 16.4. The highest BCUT2D eigenvalue weighted by Gasteiger charge is 2.47. The quantitative estimate of drug-likeness (QED) is 0.886. The highest BCUT2D eigenvalue weighted by molar-refractivity contribution is 5.96. The van der Waals surface area contributed by atoms with E-state index in [0.717, 1.165) is 25.5 Å². The second-order valence-electron chi connectivity index (χ2n) is 7.16. The number of likely N-dealkylation sites (tertiary alicyclic amines) is 2. The molecule has 1 N–H and O–H groups in total. The number of halogens is 3. The molecule has 2 aliphatic heterocycles. The highest BCUT2D eigenvalue weighted by Crippen LogP contribution is 2.42. The van der Waals surface area contributed by atoms with E-state index in [1.165, 1.54) is 23.1 Å². The van der Waals surface area contributed by atoms with Crippen LogP contribution >= 0.6 is 0 Å². The fourth-order valence-electron chi connectivity index (χ4n) is 4.29. The second kappa shape index (κ2) is 6.61. The van der Waals surface area contributed by atoms with Gasteiger partial charge in [-0.1, -0.05) is 12.1 Å². The number of fused-ring (bicyclic) bond motifs is 1. The number of aliphatic hydroxyl groups excluding tert-OH is 1. The topological polar surface area (TPSA) is 43.8 Å². The van der Waals surface area contributed by atoms with E-state index in [4.69, 9.17) is 0 Å². The smallest absolute Gasteiger partial charge is 0.396 e. The average molecular weight is 356 g/mol. The summed E-state index contributed by atoms with van der Waals surface area (Å²) in [6, 6.07) is 4.91. The summed E-state index contributed by atoms with van der Waals surface area (Å²) in [5.74, 6) is -0.585. The van der Waals surface area contributed by atoms with Crippen LogP contribution in [0, 0.1) is 5.41 Å². The first kappa shape index (κ1) is 18.2. The van der Waals surface area contributed by atoms with Crippen molar-refractivity contribution in [2.24, 2.45) is 5.41 Å². The van der Waals surface area contributed by atoms with Crippen molar-refractivity contribution in [1.29, 1.82) is 0 Å². The van der Waals surface area contributed by atoms with E-state index in [9.17, 15) is 23.1 Å². The van der Waals surface area contributed by atoms with Gasteiger partial charge in [0.1, 0.15) is 0 Å². The van der Waals surface area contributed by atoms with Crippen molar-refractivity contribution >= 4 is 5.91 Å². The summed E-state index contributed by atoms with van der Waals surface area (Å²) in [5.41, 5.74) is -1.45. The van der Waals surface area contributed by atoms with Crippen molar-refractivity contribution in [2.75, 3.05) is 33.3 Å². The molecule has 2 atom stereocenters. The number of alkyl halides is 3. The molecule has 4 nitrogen and oxygen atoms in total. The van der Waals surface area contributed by atoms with E-state index in [-0.39, 0.29) is 23.6 Å². The van der Waals surface area contributed by atoms with E-state index in [2.05, 4.69) is 4.90 Å². The predicted molar refractivity (Wildman–Crippen MR) is 87.1 cm³/mol. The molecule has 2 saturated heterocycles. The Labute approximate surface area is 145 Å². The number of benzene rings is 1. The third kappa shape index (κ3) is 3.27. The van der Waals surface area contributed by atoms with Crippen LogP contribution in [0.3, 0.4) is 0 Å². The number of amides is 1. The average Bonchev–Trinajstić information content (AvgIpc) is 2.60. The maximum Gasteiger partial charge on any atom is 0.417 e. The van der Waals surface area contributed by atoms with Gasteiger partial charge in [0.15, 0.2) is 0 Å². The Kier molecular flexibility index (Phi) is 4.81. The van der Waals surface area contributed by atoms with Crippen LogP contribution in [0.5, 0.6) is 0 Å². The van der Waals surface area contributed by atoms with Crippen molar-refractivity contribution in [3.05, 3.63) is 35.4 Å². The summed E-state index contributed by atoms with van der Waals surface area (Å²) in [6.45, 7) is 1.63. The zero-order valence-corrected chi connectivity index (χ0v) is 14.2. The first-order valence-electron chi connectivity index (χ1n) is 8.55. The van der Waals surface area contributed by atoms with Crippen LogP contribution < -0.4 is 0 Å².